The zero-order valence-corrected chi connectivity index (χ0v) is 16.9. The first kappa shape index (κ1) is 19.9. The second-order valence-corrected chi connectivity index (χ2v) is 8.82. The number of ether oxygens (including phenoxy) is 1. The van der Waals surface area contributed by atoms with Gasteiger partial charge in [0.05, 0.1) is 10.9 Å². The van der Waals surface area contributed by atoms with Crippen molar-refractivity contribution in [2.45, 2.75) is 30.9 Å². The van der Waals surface area contributed by atoms with Crippen molar-refractivity contribution in [3.63, 3.8) is 0 Å². The molecule has 0 unspecified atom stereocenters. The molecule has 0 aromatic heterocycles. The van der Waals surface area contributed by atoms with E-state index in [9.17, 15) is 13.2 Å². The van der Waals surface area contributed by atoms with Crippen molar-refractivity contribution in [2.75, 3.05) is 6.26 Å². The Bertz CT molecular complexity index is 1090. The van der Waals surface area contributed by atoms with Gasteiger partial charge in [-0.2, -0.15) is 0 Å². The lowest BCUT2D eigenvalue weighted by Crippen LogP contribution is -2.37. The molecule has 1 N–H and O–H groups in total. The molecular weight excluding hydrogens is 374 g/mol. The summed E-state index contributed by atoms with van der Waals surface area (Å²) in [4.78, 5) is 12.8. The zero-order valence-electron chi connectivity index (χ0n) is 16.0. The molecule has 0 fully saturated rings. The van der Waals surface area contributed by atoms with Gasteiger partial charge in [0.2, 0.25) is 0 Å². The average molecular weight is 397 g/mol. The zero-order chi connectivity index (χ0) is 20.3. The summed E-state index contributed by atoms with van der Waals surface area (Å²) < 4.78 is 29.0. The predicted octanol–water partition coefficient (Wildman–Crippen LogP) is 3.89. The van der Waals surface area contributed by atoms with Crippen molar-refractivity contribution in [1.82, 2.24) is 5.32 Å². The van der Waals surface area contributed by atoms with Crippen LogP contribution in [0.15, 0.2) is 71.6 Å². The van der Waals surface area contributed by atoms with Gasteiger partial charge >= 0.3 is 0 Å². The minimum Gasteiger partial charge on any atom is -0.480 e. The maximum Gasteiger partial charge on any atom is 0.261 e. The summed E-state index contributed by atoms with van der Waals surface area (Å²) in [5, 5.41) is 4.91. The van der Waals surface area contributed by atoms with Gasteiger partial charge in [-0.25, -0.2) is 8.42 Å². The van der Waals surface area contributed by atoms with E-state index < -0.39 is 15.9 Å². The number of nitrogens with one attached hydrogen (secondary N) is 1. The molecule has 0 radical (unpaired) electrons. The summed E-state index contributed by atoms with van der Waals surface area (Å²) in [6.45, 7) is 3.55. The van der Waals surface area contributed by atoms with Gasteiger partial charge in [0.25, 0.3) is 5.91 Å². The van der Waals surface area contributed by atoms with Gasteiger partial charge in [-0.05, 0) is 43.0 Å². The highest BCUT2D eigenvalue weighted by Gasteiger charge is 2.19. The molecule has 2 atom stereocenters. The molecule has 0 saturated carbocycles. The highest BCUT2D eigenvalue weighted by Crippen LogP contribution is 2.26. The number of benzene rings is 3. The van der Waals surface area contributed by atoms with Crippen molar-refractivity contribution in [1.29, 1.82) is 0 Å². The maximum absolute atomic E-state index is 12.6. The second-order valence-electron chi connectivity index (χ2n) is 6.81. The minimum atomic E-state index is -3.24. The third-order valence-electron chi connectivity index (χ3n) is 4.59. The number of hydrogen-bond acceptors (Lipinski definition) is 4. The summed E-state index contributed by atoms with van der Waals surface area (Å²) in [6.07, 6.45) is 0.489. The Kier molecular flexibility index (Phi) is 5.70. The van der Waals surface area contributed by atoms with Gasteiger partial charge in [0.1, 0.15) is 5.75 Å². The van der Waals surface area contributed by atoms with Crippen molar-refractivity contribution < 1.29 is 17.9 Å². The lowest BCUT2D eigenvalue weighted by atomic mass is 10.1. The molecule has 3 aromatic carbocycles. The van der Waals surface area contributed by atoms with Crippen LogP contribution in [0, 0.1) is 0 Å². The van der Waals surface area contributed by atoms with Crippen LogP contribution in [-0.4, -0.2) is 26.7 Å². The molecular formula is C22H23NO4S. The normalized spacial score (nSPS) is 13.7. The van der Waals surface area contributed by atoms with Crippen molar-refractivity contribution in [2.24, 2.45) is 0 Å². The van der Waals surface area contributed by atoms with Crippen molar-refractivity contribution >= 4 is 26.5 Å². The molecule has 0 saturated heterocycles. The average Bonchev–Trinajstić information content (AvgIpc) is 2.67. The van der Waals surface area contributed by atoms with Crippen LogP contribution in [0.2, 0.25) is 0 Å². The minimum absolute atomic E-state index is 0.243. The Morgan fingerprint density at radius 3 is 2.25 bits per heavy atom. The van der Waals surface area contributed by atoms with Crippen LogP contribution in [0.25, 0.3) is 10.8 Å². The Balaban J connectivity index is 1.68. The molecule has 0 aliphatic heterocycles. The fourth-order valence-electron chi connectivity index (χ4n) is 2.96. The van der Waals surface area contributed by atoms with Crippen LogP contribution in [-0.2, 0) is 14.6 Å². The first-order valence-electron chi connectivity index (χ1n) is 9.00. The Morgan fingerprint density at radius 2 is 1.57 bits per heavy atom. The van der Waals surface area contributed by atoms with Gasteiger partial charge in [-0.15, -0.1) is 0 Å². The smallest absolute Gasteiger partial charge is 0.261 e. The number of carbonyl (C=O) groups excluding carboxylic acids is 1. The molecule has 146 valence electrons. The summed E-state index contributed by atoms with van der Waals surface area (Å²) in [6, 6.07) is 19.8. The monoisotopic (exact) mass is 397 g/mol. The topological polar surface area (TPSA) is 72.5 Å². The van der Waals surface area contributed by atoms with Gasteiger partial charge < -0.3 is 10.1 Å². The SMILES string of the molecule is C[C@H](Oc1cccc2ccccc12)C(=O)N[C@H](C)c1ccc(S(C)(=O)=O)cc1. The van der Waals surface area contributed by atoms with E-state index in [1.807, 2.05) is 49.4 Å². The standard InChI is InChI=1S/C22H23NO4S/c1-15(17-11-13-19(14-12-17)28(3,25)26)23-22(24)16(2)27-21-10-6-8-18-7-4-5-9-20(18)21/h4-16H,1-3H3,(H,23,24)/t15-,16+/m1/s1. The third-order valence-corrected chi connectivity index (χ3v) is 5.72. The van der Waals surface area contributed by atoms with Crippen LogP contribution in [0.1, 0.15) is 25.5 Å². The first-order valence-corrected chi connectivity index (χ1v) is 10.9. The Labute approximate surface area is 165 Å². The van der Waals surface area contributed by atoms with E-state index in [2.05, 4.69) is 5.32 Å². The quantitative estimate of drug-likeness (QED) is 0.685. The van der Waals surface area contributed by atoms with E-state index in [1.54, 1.807) is 31.2 Å². The number of fused-ring (bicyclic) bond motifs is 1. The molecule has 1 amide bonds. The van der Waals surface area contributed by atoms with Crippen LogP contribution in [0.3, 0.4) is 0 Å². The molecule has 6 heteroatoms. The van der Waals surface area contributed by atoms with Crippen LogP contribution < -0.4 is 10.1 Å². The Morgan fingerprint density at radius 1 is 0.929 bits per heavy atom. The number of rotatable bonds is 6. The van der Waals surface area contributed by atoms with E-state index in [1.165, 1.54) is 6.26 Å². The van der Waals surface area contributed by atoms with E-state index in [4.69, 9.17) is 4.74 Å². The Hall–Kier alpha value is -2.86. The highest BCUT2D eigenvalue weighted by atomic mass is 32.2. The molecule has 0 bridgehead atoms. The van der Waals surface area contributed by atoms with Gasteiger partial charge in [-0.1, -0.05) is 48.5 Å². The molecule has 0 aliphatic rings. The molecule has 28 heavy (non-hydrogen) atoms. The third kappa shape index (κ3) is 4.51. The lowest BCUT2D eigenvalue weighted by Gasteiger charge is -2.20. The van der Waals surface area contributed by atoms with Crippen molar-refractivity contribution in [3.05, 3.63) is 72.3 Å². The summed E-state index contributed by atoms with van der Waals surface area (Å²) >= 11 is 0. The summed E-state index contributed by atoms with van der Waals surface area (Å²) in [5.41, 5.74) is 0.818. The molecule has 3 rings (SSSR count). The maximum atomic E-state index is 12.6. The number of hydrogen-bond donors (Lipinski definition) is 1. The molecule has 0 heterocycles. The van der Waals surface area contributed by atoms with E-state index in [0.717, 1.165) is 16.3 Å². The van der Waals surface area contributed by atoms with Gasteiger partial charge in [0.15, 0.2) is 15.9 Å². The highest BCUT2D eigenvalue weighted by molar-refractivity contribution is 7.90. The molecule has 0 spiro atoms. The fourth-order valence-corrected chi connectivity index (χ4v) is 3.59. The predicted molar refractivity (Wildman–Crippen MR) is 110 cm³/mol. The first-order chi connectivity index (χ1) is 13.3. The molecule has 3 aromatic rings. The lowest BCUT2D eigenvalue weighted by molar-refractivity contribution is -0.127. The van der Waals surface area contributed by atoms with E-state index in [0.29, 0.717) is 5.75 Å². The van der Waals surface area contributed by atoms with E-state index in [-0.39, 0.29) is 16.8 Å². The number of amides is 1. The van der Waals surface area contributed by atoms with Gasteiger partial charge in [0, 0.05) is 11.6 Å². The van der Waals surface area contributed by atoms with Gasteiger partial charge in [-0.3, -0.25) is 4.79 Å². The number of sulfone groups is 1. The summed E-state index contributed by atoms with van der Waals surface area (Å²) in [7, 11) is -3.24. The fraction of sp³-hybridized carbons (Fsp3) is 0.227. The molecule has 0 aliphatic carbocycles. The summed E-state index contributed by atoms with van der Waals surface area (Å²) in [5.74, 6) is 0.415. The van der Waals surface area contributed by atoms with E-state index >= 15 is 0 Å². The largest absolute Gasteiger partial charge is 0.480 e. The van der Waals surface area contributed by atoms with Crippen LogP contribution >= 0.6 is 0 Å². The van der Waals surface area contributed by atoms with Crippen LogP contribution in [0.4, 0.5) is 0 Å². The second kappa shape index (κ2) is 8.02. The number of carbonyl (C=O) groups is 1. The van der Waals surface area contributed by atoms with Crippen molar-refractivity contribution in [3.8, 4) is 5.75 Å². The molecule has 5 nitrogen and oxygen atoms in total. The van der Waals surface area contributed by atoms with Crippen LogP contribution in [0.5, 0.6) is 5.75 Å².